The van der Waals surface area contributed by atoms with Crippen LogP contribution in [0.5, 0.6) is 5.75 Å². The molecule has 0 spiro atoms. The van der Waals surface area contributed by atoms with Gasteiger partial charge in [0.15, 0.2) is 11.0 Å². The van der Waals surface area contributed by atoms with Crippen LogP contribution in [0.3, 0.4) is 0 Å². The molecule has 0 amide bonds. The van der Waals surface area contributed by atoms with E-state index in [1.807, 2.05) is 60.9 Å². The zero-order chi connectivity index (χ0) is 31.9. The van der Waals surface area contributed by atoms with Gasteiger partial charge in [-0.25, -0.2) is 13.4 Å². The van der Waals surface area contributed by atoms with Crippen molar-refractivity contribution in [3.05, 3.63) is 118 Å². The zero-order valence-electron chi connectivity index (χ0n) is 24.8. The van der Waals surface area contributed by atoms with Gasteiger partial charge in [-0.15, -0.1) is 0 Å². The van der Waals surface area contributed by atoms with E-state index in [-0.39, 0.29) is 31.2 Å². The maximum absolute atomic E-state index is 14.4. The highest BCUT2D eigenvalue weighted by Crippen LogP contribution is 2.40. The fourth-order valence-corrected chi connectivity index (χ4v) is 7.21. The van der Waals surface area contributed by atoms with E-state index >= 15 is 0 Å². The molecule has 45 heavy (non-hydrogen) atoms. The summed E-state index contributed by atoms with van der Waals surface area (Å²) in [5.41, 5.74) is 4.40. The number of hydrogen-bond donors (Lipinski definition) is 0. The molecule has 230 valence electrons. The van der Waals surface area contributed by atoms with Gasteiger partial charge >= 0.3 is 5.97 Å². The van der Waals surface area contributed by atoms with Gasteiger partial charge in [0.05, 0.1) is 33.9 Å². The fourth-order valence-electron chi connectivity index (χ4n) is 5.61. The predicted octanol–water partition coefficient (Wildman–Crippen LogP) is 6.33. The van der Waals surface area contributed by atoms with Crippen LogP contribution in [0.1, 0.15) is 42.0 Å². The second kappa shape index (κ2) is 11.7. The molecule has 12 heteroatoms. The molecular formula is C33H30N4O7S. The Bertz CT molecular complexity index is 2070. The molecule has 0 saturated carbocycles. The van der Waals surface area contributed by atoms with Gasteiger partial charge < -0.3 is 9.47 Å². The van der Waals surface area contributed by atoms with Crippen molar-refractivity contribution in [1.29, 1.82) is 0 Å². The summed E-state index contributed by atoms with van der Waals surface area (Å²) in [5.74, 6) is 0.766. The van der Waals surface area contributed by atoms with E-state index < -0.39 is 31.6 Å². The molecule has 1 aromatic heterocycles. The number of anilines is 1. The average molecular weight is 627 g/mol. The van der Waals surface area contributed by atoms with Gasteiger partial charge in [-0.05, 0) is 61.4 Å². The van der Waals surface area contributed by atoms with E-state index in [9.17, 15) is 23.3 Å². The summed E-state index contributed by atoms with van der Waals surface area (Å²) in [5, 5.41) is 11.9. The highest BCUT2D eigenvalue weighted by atomic mass is 32.2. The summed E-state index contributed by atoms with van der Waals surface area (Å²) in [6.07, 6.45) is -0.410. The number of benzene rings is 4. The lowest BCUT2D eigenvalue weighted by Crippen LogP contribution is -2.31. The van der Waals surface area contributed by atoms with Crippen LogP contribution in [0.15, 0.2) is 89.8 Å². The van der Waals surface area contributed by atoms with E-state index in [1.54, 1.807) is 25.1 Å². The van der Waals surface area contributed by atoms with Gasteiger partial charge in [-0.1, -0.05) is 43.3 Å². The Hall–Kier alpha value is -5.23. The molecular weight excluding hydrogens is 596 g/mol. The first-order valence-corrected chi connectivity index (χ1v) is 15.8. The minimum atomic E-state index is -4.48. The highest BCUT2D eigenvalue weighted by Gasteiger charge is 2.34. The number of carbonyl (C=O) groups excluding carboxylic acids is 1. The largest absolute Gasteiger partial charge is 0.489 e. The Morgan fingerprint density at radius 3 is 2.60 bits per heavy atom. The molecule has 0 saturated heterocycles. The van der Waals surface area contributed by atoms with Crippen molar-refractivity contribution in [3.63, 3.8) is 0 Å². The van der Waals surface area contributed by atoms with Crippen LogP contribution in [0.2, 0.25) is 0 Å². The lowest BCUT2D eigenvalue weighted by atomic mass is 10.1. The monoisotopic (exact) mass is 626 g/mol. The quantitative estimate of drug-likeness (QED) is 0.105. The molecule has 1 atom stereocenters. The molecule has 11 nitrogen and oxygen atoms in total. The van der Waals surface area contributed by atoms with Crippen LogP contribution >= 0.6 is 0 Å². The lowest BCUT2D eigenvalue weighted by molar-refractivity contribution is -0.387. The number of carbonyl (C=O) groups is 1. The number of para-hydroxylation sites is 3. The van der Waals surface area contributed by atoms with Crippen molar-refractivity contribution in [3.8, 4) is 11.4 Å². The summed E-state index contributed by atoms with van der Waals surface area (Å²) in [6, 6.07) is 23.5. The van der Waals surface area contributed by atoms with Gasteiger partial charge in [-0.2, -0.15) is 0 Å². The number of nitro benzene ring substituents is 1. The molecule has 1 aliphatic heterocycles. The third-order valence-electron chi connectivity index (χ3n) is 7.92. The maximum Gasteiger partial charge on any atom is 0.306 e. The molecule has 0 N–H and O–H groups in total. The van der Waals surface area contributed by atoms with E-state index in [0.29, 0.717) is 16.9 Å². The van der Waals surface area contributed by atoms with Crippen molar-refractivity contribution in [2.24, 2.45) is 0 Å². The SMILES string of the molecule is CCC(=O)O[C@@H]1COc2cc(N(Cc3cccc(-n4c(C)nc5ccccc54)c3C)S(=O)(=O)c3ccccc3[N+](=O)[O-])ccc21. The molecule has 0 fully saturated rings. The van der Waals surface area contributed by atoms with Crippen LogP contribution in [0.4, 0.5) is 11.4 Å². The van der Waals surface area contributed by atoms with E-state index in [2.05, 4.69) is 4.98 Å². The normalized spacial score (nSPS) is 14.2. The highest BCUT2D eigenvalue weighted by molar-refractivity contribution is 7.93. The van der Waals surface area contributed by atoms with E-state index in [1.165, 1.54) is 24.3 Å². The number of ether oxygens (including phenoxy) is 2. The van der Waals surface area contributed by atoms with Crippen LogP contribution < -0.4 is 9.04 Å². The topological polar surface area (TPSA) is 134 Å². The average Bonchev–Trinajstić information content (AvgIpc) is 3.59. The van der Waals surface area contributed by atoms with E-state index in [0.717, 1.165) is 32.4 Å². The Balaban J connectivity index is 1.47. The van der Waals surface area contributed by atoms with Crippen LogP contribution in [-0.2, 0) is 26.1 Å². The summed E-state index contributed by atoms with van der Waals surface area (Å²) in [7, 11) is -4.48. The van der Waals surface area contributed by atoms with Gasteiger partial charge in [0, 0.05) is 24.1 Å². The Morgan fingerprint density at radius 1 is 1.07 bits per heavy atom. The summed E-state index contributed by atoms with van der Waals surface area (Å²) in [4.78, 5) is 27.4. The number of nitrogens with zero attached hydrogens (tertiary/aromatic N) is 4. The number of hydrogen-bond acceptors (Lipinski definition) is 8. The number of aryl methyl sites for hydroxylation is 1. The molecule has 0 radical (unpaired) electrons. The summed E-state index contributed by atoms with van der Waals surface area (Å²) in [6.45, 7) is 5.48. The first kappa shape index (κ1) is 29.8. The molecule has 4 aromatic carbocycles. The number of sulfonamides is 1. The third kappa shape index (κ3) is 5.37. The van der Waals surface area contributed by atoms with Crippen LogP contribution in [0.25, 0.3) is 16.7 Å². The number of esters is 1. The standard InChI is InChI=1S/C33H30N4O7S/c1-4-33(38)44-31-20-43-30-18-24(16-17-25(30)31)35(45(41,42)32-15-8-7-13-29(32)37(39)40)19-23-10-9-14-27(21(23)2)36-22(3)34-26-11-5-6-12-28(26)36/h5-18,31H,4,19-20H2,1-3H3/t31-/m1/s1. The van der Waals surface area contributed by atoms with Crippen molar-refractivity contribution in [2.75, 3.05) is 10.9 Å². The predicted molar refractivity (Wildman–Crippen MR) is 168 cm³/mol. The second-order valence-electron chi connectivity index (χ2n) is 10.6. The first-order valence-electron chi connectivity index (χ1n) is 14.4. The van der Waals surface area contributed by atoms with Gasteiger partial charge in [0.1, 0.15) is 18.2 Å². The first-order chi connectivity index (χ1) is 21.6. The number of nitro groups is 1. The second-order valence-corrected chi connectivity index (χ2v) is 12.5. The molecule has 0 aliphatic carbocycles. The minimum Gasteiger partial charge on any atom is -0.489 e. The fraction of sp³-hybridized carbons (Fsp3) is 0.212. The summed E-state index contributed by atoms with van der Waals surface area (Å²) >= 11 is 0. The van der Waals surface area contributed by atoms with Gasteiger partial charge in [0.25, 0.3) is 15.7 Å². The molecule has 0 unspecified atom stereocenters. The molecule has 1 aliphatic rings. The smallest absolute Gasteiger partial charge is 0.306 e. The Labute approximate surface area is 259 Å². The van der Waals surface area contributed by atoms with Gasteiger partial charge in [0.2, 0.25) is 0 Å². The lowest BCUT2D eigenvalue weighted by Gasteiger charge is -2.26. The zero-order valence-corrected chi connectivity index (χ0v) is 25.7. The van der Waals surface area contributed by atoms with Crippen molar-refractivity contribution >= 4 is 38.4 Å². The van der Waals surface area contributed by atoms with E-state index in [4.69, 9.17) is 9.47 Å². The Kier molecular flexibility index (Phi) is 7.75. The third-order valence-corrected chi connectivity index (χ3v) is 9.74. The minimum absolute atomic E-state index is 0.0980. The summed E-state index contributed by atoms with van der Waals surface area (Å²) < 4.78 is 43.2. The maximum atomic E-state index is 14.4. The van der Waals surface area contributed by atoms with Crippen LogP contribution in [0, 0.1) is 24.0 Å². The number of rotatable bonds is 9. The van der Waals surface area contributed by atoms with Crippen LogP contribution in [-0.4, -0.2) is 35.5 Å². The number of fused-ring (bicyclic) bond motifs is 2. The van der Waals surface area contributed by atoms with Crippen molar-refractivity contribution in [1.82, 2.24) is 9.55 Å². The molecule has 2 heterocycles. The number of imidazole rings is 1. The number of aromatic nitrogens is 2. The molecule has 0 bridgehead atoms. The van der Waals surface area contributed by atoms with Gasteiger partial charge in [-0.3, -0.25) is 23.8 Å². The molecule has 6 rings (SSSR count). The van der Waals surface area contributed by atoms with Crippen molar-refractivity contribution < 1.29 is 27.6 Å². The molecule has 5 aromatic rings. The Morgan fingerprint density at radius 2 is 1.82 bits per heavy atom. The van der Waals surface area contributed by atoms with Crippen molar-refractivity contribution in [2.45, 2.75) is 44.7 Å².